The molecule has 0 radical (unpaired) electrons. The summed E-state index contributed by atoms with van der Waals surface area (Å²) < 4.78 is 76.4. The smallest absolute Gasteiger partial charge is 0.382 e. The molecule has 0 spiro atoms. The minimum atomic E-state index is -4.82. The van der Waals surface area contributed by atoms with Crippen LogP contribution in [0, 0.1) is 0 Å². The van der Waals surface area contributed by atoms with Gasteiger partial charge in [0.1, 0.15) is 0 Å². The van der Waals surface area contributed by atoms with Crippen molar-refractivity contribution in [2.45, 2.75) is 25.0 Å². The number of rotatable bonds is 5. The Morgan fingerprint density at radius 2 is 1.52 bits per heavy atom. The number of alkyl halides is 6. The molecule has 25 heavy (non-hydrogen) atoms. The standard InChI is InChI=1S/C17H15F6NO/c18-16(19,20)13-6-4-5-12(9-13)10-24(11-15(25)17(21,22)23)14-7-2-1-3-8-14/h1-9,15,25H,10-11H2/t15-/m0/s1. The third-order valence-corrected chi connectivity index (χ3v) is 3.52. The Bertz CT molecular complexity index is 684. The Hall–Kier alpha value is -2.22. The highest BCUT2D eigenvalue weighted by Gasteiger charge is 2.39. The molecule has 0 aliphatic carbocycles. The molecular weight excluding hydrogens is 348 g/mol. The average Bonchev–Trinajstić information content (AvgIpc) is 2.53. The summed E-state index contributed by atoms with van der Waals surface area (Å²) >= 11 is 0. The lowest BCUT2D eigenvalue weighted by molar-refractivity contribution is -0.200. The van der Waals surface area contributed by atoms with Gasteiger partial charge in [-0.15, -0.1) is 0 Å². The molecule has 136 valence electrons. The number of benzene rings is 2. The van der Waals surface area contributed by atoms with Gasteiger partial charge in [0.25, 0.3) is 0 Å². The van der Waals surface area contributed by atoms with E-state index in [2.05, 4.69) is 0 Å². The third-order valence-electron chi connectivity index (χ3n) is 3.52. The Kier molecular flexibility index (Phi) is 5.62. The van der Waals surface area contributed by atoms with Crippen LogP contribution in [-0.2, 0) is 12.7 Å². The van der Waals surface area contributed by atoms with Crippen molar-refractivity contribution in [3.8, 4) is 0 Å². The van der Waals surface area contributed by atoms with E-state index in [9.17, 15) is 31.4 Å². The Morgan fingerprint density at radius 3 is 2.08 bits per heavy atom. The van der Waals surface area contributed by atoms with Gasteiger partial charge in [0.05, 0.1) is 12.1 Å². The van der Waals surface area contributed by atoms with Gasteiger partial charge < -0.3 is 10.0 Å². The molecule has 2 aromatic carbocycles. The lowest BCUT2D eigenvalue weighted by atomic mass is 10.1. The minimum Gasteiger partial charge on any atom is -0.382 e. The van der Waals surface area contributed by atoms with Crippen molar-refractivity contribution < 1.29 is 31.4 Å². The van der Waals surface area contributed by atoms with Gasteiger partial charge in [0.15, 0.2) is 6.10 Å². The van der Waals surface area contributed by atoms with E-state index in [1.807, 2.05) is 0 Å². The number of aliphatic hydroxyl groups is 1. The van der Waals surface area contributed by atoms with E-state index in [1.54, 1.807) is 18.2 Å². The van der Waals surface area contributed by atoms with Gasteiger partial charge in [-0.05, 0) is 29.8 Å². The number of nitrogens with zero attached hydrogens (tertiary/aromatic N) is 1. The van der Waals surface area contributed by atoms with Crippen molar-refractivity contribution in [1.29, 1.82) is 0 Å². The summed E-state index contributed by atoms with van der Waals surface area (Å²) in [5.41, 5.74) is -0.328. The van der Waals surface area contributed by atoms with Crippen LogP contribution in [0.1, 0.15) is 11.1 Å². The van der Waals surface area contributed by atoms with Crippen LogP contribution in [0.4, 0.5) is 32.0 Å². The zero-order valence-corrected chi connectivity index (χ0v) is 12.8. The maximum atomic E-state index is 12.8. The molecule has 2 rings (SSSR count). The van der Waals surface area contributed by atoms with Crippen LogP contribution in [0.25, 0.3) is 0 Å². The molecule has 1 atom stereocenters. The van der Waals surface area contributed by atoms with Crippen LogP contribution in [0.3, 0.4) is 0 Å². The monoisotopic (exact) mass is 363 g/mol. The zero-order valence-electron chi connectivity index (χ0n) is 12.8. The molecule has 0 aromatic heterocycles. The van der Waals surface area contributed by atoms with E-state index < -0.39 is 30.6 Å². The fourth-order valence-electron chi connectivity index (χ4n) is 2.28. The molecule has 2 aromatic rings. The van der Waals surface area contributed by atoms with Gasteiger partial charge in [-0.2, -0.15) is 26.3 Å². The average molecular weight is 363 g/mol. The Balaban J connectivity index is 2.28. The summed E-state index contributed by atoms with van der Waals surface area (Å²) in [5, 5.41) is 9.33. The quantitative estimate of drug-likeness (QED) is 0.783. The van der Waals surface area contributed by atoms with Crippen molar-refractivity contribution >= 4 is 5.69 Å². The fraction of sp³-hybridized carbons (Fsp3) is 0.294. The summed E-state index contributed by atoms with van der Waals surface area (Å²) in [7, 11) is 0. The van der Waals surface area contributed by atoms with Crippen molar-refractivity contribution in [3.05, 3.63) is 65.7 Å². The molecule has 0 amide bonds. The fourth-order valence-corrected chi connectivity index (χ4v) is 2.28. The van der Waals surface area contributed by atoms with E-state index in [4.69, 9.17) is 0 Å². The Morgan fingerprint density at radius 1 is 0.880 bits per heavy atom. The number of hydrogen-bond donors (Lipinski definition) is 1. The first-order valence-corrected chi connectivity index (χ1v) is 7.28. The normalized spacial score (nSPS) is 13.6. The molecule has 8 heteroatoms. The van der Waals surface area contributed by atoms with E-state index in [0.717, 1.165) is 12.1 Å². The van der Waals surface area contributed by atoms with Crippen molar-refractivity contribution in [2.24, 2.45) is 0 Å². The SMILES string of the molecule is O[C@@H](CN(Cc1cccc(C(F)(F)F)c1)c1ccccc1)C(F)(F)F. The van der Waals surface area contributed by atoms with Crippen LogP contribution in [-0.4, -0.2) is 23.9 Å². The second-order valence-electron chi connectivity index (χ2n) is 5.47. The van der Waals surface area contributed by atoms with Crippen molar-refractivity contribution in [2.75, 3.05) is 11.4 Å². The van der Waals surface area contributed by atoms with Crippen LogP contribution >= 0.6 is 0 Å². The molecular formula is C17H15F6NO. The minimum absolute atomic E-state index is 0.188. The first-order valence-electron chi connectivity index (χ1n) is 7.28. The van der Waals surface area contributed by atoms with Crippen LogP contribution in [0.5, 0.6) is 0 Å². The largest absolute Gasteiger partial charge is 0.416 e. The first kappa shape index (κ1) is 19.1. The lowest BCUT2D eigenvalue weighted by Crippen LogP contribution is -2.40. The summed E-state index contributed by atoms with van der Waals surface area (Å²) in [6, 6.07) is 12.3. The van der Waals surface area contributed by atoms with Crippen LogP contribution in [0.2, 0.25) is 0 Å². The summed E-state index contributed by atoms with van der Waals surface area (Å²) in [5.74, 6) is 0. The topological polar surface area (TPSA) is 23.5 Å². The molecule has 0 unspecified atom stereocenters. The second-order valence-corrected chi connectivity index (χ2v) is 5.47. The predicted octanol–water partition coefficient (Wildman–Crippen LogP) is 4.64. The molecule has 0 fully saturated rings. The summed E-state index contributed by atoms with van der Waals surface area (Å²) in [6.07, 6.45) is -12.0. The number of hydrogen-bond acceptors (Lipinski definition) is 2. The summed E-state index contributed by atoms with van der Waals surface area (Å²) in [4.78, 5) is 1.19. The van der Waals surface area contributed by atoms with Gasteiger partial charge in [0, 0.05) is 12.2 Å². The van der Waals surface area contributed by atoms with E-state index in [1.165, 1.54) is 29.2 Å². The second kappa shape index (κ2) is 7.35. The lowest BCUT2D eigenvalue weighted by Gasteiger charge is -2.28. The van der Waals surface area contributed by atoms with Crippen molar-refractivity contribution in [3.63, 3.8) is 0 Å². The van der Waals surface area contributed by atoms with Gasteiger partial charge in [-0.25, -0.2) is 0 Å². The highest BCUT2D eigenvalue weighted by Crippen LogP contribution is 2.30. The molecule has 0 aliphatic rings. The van der Waals surface area contributed by atoms with E-state index in [-0.39, 0.29) is 12.1 Å². The highest BCUT2D eigenvalue weighted by molar-refractivity contribution is 5.47. The molecule has 1 N–H and O–H groups in total. The molecule has 0 heterocycles. The molecule has 0 saturated heterocycles. The van der Waals surface area contributed by atoms with Crippen molar-refractivity contribution in [1.82, 2.24) is 0 Å². The molecule has 0 bridgehead atoms. The first-order chi connectivity index (χ1) is 11.6. The Labute approximate surface area is 140 Å². The maximum absolute atomic E-state index is 12.8. The number of aliphatic hydroxyl groups excluding tert-OH is 1. The van der Waals surface area contributed by atoms with Crippen LogP contribution in [0.15, 0.2) is 54.6 Å². The maximum Gasteiger partial charge on any atom is 0.416 e. The zero-order chi connectivity index (χ0) is 18.7. The summed E-state index contributed by atoms with van der Waals surface area (Å²) in [6.45, 7) is -0.995. The molecule has 0 aliphatic heterocycles. The molecule has 0 saturated carbocycles. The highest BCUT2D eigenvalue weighted by atomic mass is 19.4. The van der Waals surface area contributed by atoms with Gasteiger partial charge in [-0.3, -0.25) is 0 Å². The van der Waals surface area contributed by atoms with Gasteiger partial charge >= 0.3 is 12.4 Å². The number of halogens is 6. The number of para-hydroxylation sites is 1. The van der Waals surface area contributed by atoms with E-state index >= 15 is 0 Å². The number of anilines is 1. The van der Waals surface area contributed by atoms with Gasteiger partial charge in [0.2, 0.25) is 0 Å². The third kappa shape index (κ3) is 5.38. The van der Waals surface area contributed by atoms with E-state index in [0.29, 0.717) is 5.69 Å². The van der Waals surface area contributed by atoms with Gasteiger partial charge in [-0.1, -0.05) is 30.3 Å². The predicted molar refractivity (Wildman–Crippen MR) is 81.0 cm³/mol. The van der Waals surface area contributed by atoms with Crippen LogP contribution < -0.4 is 4.90 Å². The molecule has 2 nitrogen and oxygen atoms in total.